The SMILES string of the molecule is COc1ccc(C(CO)N(C)C(=O)NC(C)C2CCC2)cc1. The molecule has 5 heteroatoms. The van der Waals surface area contributed by atoms with Crippen molar-refractivity contribution >= 4 is 6.03 Å². The maximum atomic E-state index is 12.4. The van der Waals surface area contributed by atoms with Crippen molar-refractivity contribution in [1.82, 2.24) is 10.2 Å². The molecule has 2 N–H and O–H groups in total. The summed E-state index contributed by atoms with van der Waals surface area (Å²) in [5.41, 5.74) is 0.886. The molecular formula is C17H26N2O3. The summed E-state index contributed by atoms with van der Waals surface area (Å²) in [4.78, 5) is 13.9. The van der Waals surface area contributed by atoms with Gasteiger partial charge in [-0.25, -0.2) is 4.79 Å². The minimum absolute atomic E-state index is 0.117. The van der Waals surface area contributed by atoms with Gasteiger partial charge < -0.3 is 20.1 Å². The number of nitrogens with zero attached hydrogens (tertiary/aromatic N) is 1. The number of hydrogen-bond acceptors (Lipinski definition) is 3. The van der Waals surface area contributed by atoms with E-state index in [9.17, 15) is 9.90 Å². The molecule has 122 valence electrons. The summed E-state index contributed by atoms with van der Waals surface area (Å²) < 4.78 is 5.13. The van der Waals surface area contributed by atoms with Crippen molar-refractivity contribution in [2.45, 2.75) is 38.3 Å². The first-order valence-electron chi connectivity index (χ1n) is 7.85. The van der Waals surface area contributed by atoms with E-state index in [0.717, 1.165) is 11.3 Å². The standard InChI is InChI=1S/C17H26N2O3/c1-12(13-5-4-6-13)18-17(21)19(2)16(11-20)14-7-9-15(22-3)10-8-14/h7-10,12-13,16,20H,4-6,11H2,1-3H3,(H,18,21). The first-order chi connectivity index (χ1) is 10.6. The molecule has 2 rings (SSSR count). The van der Waals surface area contributed by atoms with Crippen LogP contribution in [0.4, 0.5) is 4.79 Å². The van der Waals surface area contributed by atoms with Crippen LogP contribution in [0.15, 0.2) is 24.3 Å². The van der Waals surface area contributed by atoms with E-state index in [4.69, 9.17) is 4.74 Å². The van der Waals surface area contributed by atoms with Crippen molar-refractivity contribution in [3.05, 3.63) is 29.8 Å². The highest BCUT2D eigenvalue weighted by atomic mass is 16.5. The van der Waals surface area contributed by atoms with Gasteiger partial charge in [-0.2, -0.15) is 0 Å². The molecule has 0 aliphatic heterocycles. The molecule has 1 aromatic rings. The molecule has 1 aliphatic rings. The van der Waals surface area contributed by atoms with Crippen molar-refractivity contribution in [2.24, 2.45) is 5.92 Å². The Balaban J connectivity index is 1.99. The van der Waals surface area contributed by atoms with Crippen molar-refractivity contribution in [3.63, 3.8) is 0 Å². The zero-order chi connectivity index (χ0) is 16.1. The quantitative estimate of drug-likeness (QED) is 0.849. The predicted octanol–water partition coefficient (Wildman–Crippen LogP) is 2.56. The molecule has 2 unspecified atom stereocenters. The molecule has 22 heavy (non-hydrogen) atoms. The predicted molar refractivity (Wildman–Crippen MR) is 85.9 cm³/mol. The maximum Gasteiger partial charge on any atom is 0.317 e. The summed E-state index contributed by atoms with van der Waals surface area (Å²) in [5.74, 6) is 1.34. The van der Waals surface area contributed by atoms with Crippen molar-refractivity contribution in [1.29, 1.82) is 0 Å². The van der Waals surface area contributed by atoms with Crippen LogP contribution in [0.3, 0.4) is 0 Å². The Kier molecular flexibility index (Phi) is 5.66. The molecule has 0 saturated heterocycles. The number of aliphatic hydroxyl groups excluding tert-OH is 1. The van der Waals surface area contributed by atoms with Gasteiger partial charge in [-0.1, -0.05) is 18.6 Å². The lowest BCUT2D eigenvalue weighted by Crippen LogP contribution is -2.47. The number of ether oxygens (including phenoxy) is 1. The van der Waals surface area contributed by atoms with Gasteiger partial charge in [0.25, 0.3) is 0 Å². The highest BCUT2D eigenvalue weighted by Gasteiger charge is 2.27. The summed E-state index contributed by atoms with van der Waals surface area (Å²) in [5, 5.41) is 12.7. The normalized spacial score (nSPS) is 17.3. The Labute approximate surface area is 132 Å². The van der Waals surface area contributed by atoms with Gasteiger partial charge in [0.1, 0.15) is 5.75 Å². The second-order valence-electron chi connectivity index (χ2n) is 6.01. The van der Waals surface area contributed by atoms with E-state index in [-0.39, 0.29) is 24.7 Å². The first kappa shape index (κ1) is 16.6. The number of methoxy groups -OCH3 is 1. The van der Waals surface area contributed by atoms with Crippen LogP contribution in [0.25, 0.3) is 0 Å². The van der Waals surface area contributed by atoms with E-state index >= 15 is 0 Å². The summed E-state index contributed by atoms with van der Waals surface area (Å²) in [7, 11) is 3.33. The summed E-state index contributed by atoms with van der Waals surface area (Å²) in [6.45, 7) is 1.94. The van der Waals surface area contributed by atoms with E-state index in [1.54, 1.807) is 19.1 Å². The summed E-state index contributed by atoms with van der Waals surface area (Å²) in [6.07, 6.45) is 3.63. The van der Waals surface area contributed by atoms with E-state index in [1.165, 1.54) is 19.3 Å². The van der Waals surface area contributed by atoms with E-state index < -0.39 is 0 Å². The molecule has 0 aromatic heterocycles. The van der Waals surface area contributed by atoms with Crippen LogP contribution in [0.1, 0.15) is 37.8 Å². The molecule has 0 bridgehead atoms. The molecule has 2 atom stereocenters. The maximum absolute atomic E-state index is 12.4. The van der Waals surface area contributed by atoms with Gasteiger partial charge >= 0.3 is 6.03 Å². The second kappa shape index (κ2) is 7.49. The van der Waals surface area contributed by atoms with E-state index in [1.807, 2.05) is 24.3 Å². The lowest BCUT2D eigenvalue weighted by molar-refractivity contribution is 0.141. The second-order valence-corrected chi connectivity index (χ2v) is 6.01. The Morgan fingerprint density at radius 2 is 2.05 bits per heavy atom. The zero-order valence-corrected chi connectivity index (χ0v) is 13.6. The Morgan fingerprint density at radius 3 is 2.50 bits per heavy atom. The third-order valence-electron chi connectivity index (χ3n) is 4.67. The fourth-order valence-corrected chi connectivity index (χ4v) is 2.77. The van der Waals surface area contributed by atoms with Gasteiger partial charge in [0, 0.05) is 13.1 Å². The number of carbonyl (C=O) groups is 1. The zero-order valence-electron chi connectivity index (χ0n) is 13.6. The number of carbonyl (C=O) groups excluding carboxylic acids is 1. The van der Waals surface area contributed by atoms with E-state index in [0.29, 0.717) is 5.92 Å². The number of aliphatic hydroxyl groups is 1. The minimum Gasteiger partial charge on any atom is -0.497 e. The van der Waals surface area contributed by atoms with Crippen LogP contribution in [0.2, 0.25) is 0 Å². The van der Waals surface area contributed by atoms with Crippen LogP contribution < -0.4 is 10.1 Å². The summed E-state index contributed by atoms with van der Waals surface area (Å²) in [6, 6.07) is 7.09. The average molecular weight is 306 g/mol. The number of benzene rings is 1. The number of likely N-dealkylation sites (N-methyl/N-ethyl adjacent to an activating group) is 1. The lowest BCUT2D eigenvalue weighted by atomic mass is 9.80. The topological polar surface area (TPSA) is 61.8 Å². The molecule has 2 amide bonds. The summed E-state index contributed by atoms with van der Waals surface area (Å²) >= 11 is 0. The van der Waals surface area contributed by atoms with Gasteiger partial charge in [0.05, 0.1) is 19.8 Å². The van der Waals surface area contributed by atoms with Crippen molar-refractivity contribution < 1.29 is 14.6 Å². The van der Waals surface area contributed by atoms with Gasteiger partial charge in [0.15, 0.2) is 0 Å². The van der Waals surface area contributed by atoms with Crippen molar-refractivity contribution in [2.75, 3.05) is 20.8 Å². The number of rotatable bonds is 6. The Bertz CT molecular complexity index is 485. The molecule has 1 saturated carbocycles. The molecule has 0 radical (unpaired) electrons. The molecule has 1 fully saturated rings. The molecule has 0 spiro atoms. The number of hydrogen-bond donors (Lipinski definition) is 2. The largest absolute Gasteiger partial charge is 0.497 e. The number of amides is 2. The Hall–Kier alpha value is -1.75. The molecular weight excluding hydrogens is 280 g/mol. The monoisotopic (exact) mass is 306 g/mol. The highest BCUT2D eigenvalue weighted by molar-refractivity contribution is 5.74. The first-order valence-corrected chi connectivity index (χ1v) is 7.85. The van der Waals surface area contributed by atoms with Crippen LogP contribution in [0.5, 0.6) is 5.75 Å². The van der Waals surface area contributed by atoms with Gasteiger partial charge in [-0.3, -0.25) is 0 Å². The third-order valence-corrected chi connectivity index (χ3v) is 4.67. The number of urea groups is 1. The molecule has 1 aliphatic carbocycles. The number of nitrogens with one attached hydrogen (secondary N) is 1. The third kappa shape index (κ3) is 3.71. The van der Waals surface area contributed by atoms with Gasteiger partial charge in [0.2, 0.25) is 0 Å². The van der Waals surface area contributed by atoms with Crippen LogP contribution in [-0.4, -0.2) is 42.8 Å². The van der Waals surface area contributed by atoms with Gasteiger partial charge in [-0.15, -0.1) is 0 Å². The van der Waals surface area contributed by atoms with E-state index in [2.05, 4.69) is 12.2 Å². The lowest BCUT2D eigenvalue weighted by Gasteiger charge is -2.34. The van der Waals surface area contributed by atoms with Crippen molar-refractivity contribution in [3.8, 4) is 5.75 Å². The minimum atomic E-state index is -0.362. The van der Waals surface area contributed by atoms with Crippen LogP contribution in [0, 0.1) is 5.92 Å². The molecule has 0 heterocycles. The van der Waals surface area contributed by atoms with Crippen LogP contribution in [-0.2, 0) is 0 Å². The van der Waals surface area contributed by atoms with Gasteiger partial charge in [-0.05, 0) is 43.4 Å². The Morgan fingerprint density at radius 1 is 1.41 bits per heavy atom. The molecule has 5 nitrogen and oxygen atoms in total. The average Bonchev–Trinajstić information content (AvgIpc) is 2.46. The fraction of sp³-hybridized carbons (Fsp3) is 0.588. The highest BCUT2D eigenvalue weighted by Crippen LogP contribution is 2.29. The molecule has 1 aromatic carbocycles. The van der Waals surface area contributed by atoms with Crippen LogP contribution >= 0.6 is 0 Å². The smallest absolute Gasteiger partial charge is 0.317 e. The fourth-order valence-electron chi connectivity index (χ4n) is 2.77.